The molecule has 0 atom stereocenters. The fourth-order valence-electron chi connectivity index (χ4n) is 2.86. The number of carbonyl (C=O) groups excluding carboxylic acids is 2. The van der Waals surface area contributed by atoms with Gasteiger partial charge in [-0.15, -0.1) is 11.3 Å². The van der Waals surface area contributed by atoms with Crippen LogP contribution in [0.5, 0.6) is 0 Å². The summed E-state index contributed by atoms with van der Waals surface area (Å²) in [5.41, 5.74) is -0.716. The molecule has 0 unspecified atom stereocenters. The summed E-state index contributed by atoms with van der Waals surface area (Å²) < 4.78 is 39.3. The Bertz CT molecular complexity index is 1330. The van der Waals surface area contributed by atoms with Gasteiger partial charge in [-0.05, 0) is 37.0 Å². The van der Waals surface area contributed by atoms with Crippen molar-refractivity contribution in [2.45, 2.75) is 32.5 Å². The number of aryl methyl sites for hydroxylation is 1. The van der Waals surface area contributed by atoms with Crippen LogP contribution in [-0.2, 0) is 12.7 Å². The van der Waals surface area contributed by atoms with E-state index in [0.29, 0.717) is 17.8 Å². The number of alkyl halides is 3. The van der Waals surface area contributed by atoms with Gasteiger partial charge in [0, 0.05) is 18.7 Å². The minimum Gasteiger partial charge on any atom is -0.396 e. The molecule has 0 aliphatic heterocycles. The largest absolute Gasteiger partial charge is 0.416 e. The van der Waals surface area contributed by atoms with Crippen LogP contribution in [-0.4, -0.2) is 38.5 Å². The predicted molar refractivity (Wildman–Crippen MR) is 128 cm³/mol. The smallest absolute Gasteiger partial charge is 0.396 e. The molecule has 36 heavy (non-hydrogen) atoms. The fourth-order valence-corrected chi connectivity index (χ4v) is 3.85. The first kappa shape index (κ1) is 27.1. The maximum absolute atomic E-state index is 13.1. The van der Waals surface area contributed by atoms with Crippen LogP contribution in [0.25, 0.3) is 0 Å². The molecule has 0 aliphatic carbocycles. The van der Waals surface area contributed by atoms with Gasteiger partial charge in [-0.2, -0.15) is 13.2 Å². The van der Waals surface area contributed by atoms with Crippen molar-refractivity contribution in [3.8, 4) is 11.8 Å². The first-order chi connectivity index (χ1) is 17.1. The minimum absolute atomic E-state index is 0.00477. The standard InChI is InChI=1S/C23H19ClF3N5O3S/c1-13-6-7-14(9-15(13)23(25,26)27)32-21(34)17-10-28-18(36-17)11-29-22(35)20-19(24)16(30-12-31-20)5-3-2-4-8-33/h6-7,9-10,12,33H,2,4,8,11H2,1H3,(H,29,35)(H,32,34). The number of nitrogens with one attached hydrogen (secondary N) is 2. The second-order valence-electron chi connectivity index (χ2n) is 7.30. The number of aliphatic hydroxyl groups excluding tert-OH is 1. The Kier molecular flexibility index (Phi) is 8.98. The average Bonchev–Trinajstić information content (AvgIpc) is 3.31. The van der Waals surface area contributed by atoms with E-state index in [-0.39, 0.29) is 45.7 Å². The molecule has 3 N–H and O–H groups in total. The van der Waals surface area contributed by atoms with Crippen molar-refractivity contribution in [3.63, 3.8) is 0 Å². The summed E-state index contributed by atoms with van der Waals surface area (Å²) in [7, 11) is 0. The highest BCUT2D eigenvalue weighted by Crippen LogP contribution is 2.33. The molecule has 0 spiro atoms. The number of aromatic nitrogens is 3. The molecule has 2 heterocycles. The molecular formula is C23H19ClF3N5O3S. The molecule has 0 saturated heterocycles. The Hall–Kier alpha value is -3.53. The zero-order valence-corrected chi connectivity index (χ0v) is 20.3. The number of aliphatic hydroxyl groups is 1. The number of unbranched alkanes of at least 4 members (excludes halogenated alkanes) is 1. The van der Waals surface area contributed by atoms with E-state index >= 15 is 0 Å². The molecule has 8 nitrogen and oxygen atoms in total. The van der Waals surface area contributed by atoms with Gasteiger partial charge in [0.05, 0.1) is 18.3 Å². The van der Waals surface area contributed by atoms with Crippen LogP contribution in [0.4, 0.5) is 18.9 Å². The van der Waals surface area contributed by atoms with E-state index in [1.54, 1.807) is 0 Å². The number of halogens is 4. The SMILES string of the molecule is Cc1ccc(NC(=O)c2cnc(CNC(=O)c3ncnc(C#CCCCO)c3Cl)s2)cc1C(F)(F)F. The van der Waals surface area contributed by atoms with Crippen LogP contribution in [0.1, 0.15) is 54.8 Å². The van der Waals surface area contributed by atoms with Crippen molar-refractivity contribution in [2.75, 3.05) is 11.9 Å². The molecule has 0 bridgehead atoms. The van der Waals surface area contributed by atoms with Gasteiger partial charge >= 0.3 is 6.18 Å². The maximum Gasteiger partial charge on any atom is 0.416 e. The average molecular weight is 538 g/mol. The second kappa shape index (κ2) is 11.9. The Morgan fingerprint density at radius 2 is 1.97 bits per heavy atom. The van der Waals surface area contributed by atoms with E-state index in [9.17, 15) is 22.8 Å². The van der Waals surface area contributed by atoms with Crippen molar-refractivity contribution >= 4 is 40.4 Å². The van der Waals surface area contributed by atoms with Gasteiger partial charge in [0.1, 0.15) is 26.9 Å². The number of thiazole rings is 1. The van der Waals surface area contributed by atoms with Gasteiger partial charge in [0.15, 0.2) is 5.69 Å². The van der Waals surface area contributed by atoms with E-state index in [0.717, 1.165) is 23.7 Å². The zero-order valence-electron chi connectivity index (χ0n) is 18.7. The van der Waals surface area contributed by atoms with Crippen molar-refractivity contribution in [1.29, 1.82) is 0 Å². The molecule has 2 aromatic heterocycles. The first-order valence-corrected chi connectivity index (χ1v) is 11.6. The van der Waals surface area contributed by atoms with Gasteiger partial charge in [-0.3, -0.25) is 9.59 Å². The number of benzene rings is 1. The Balaban J connectivity index is 1.63. The molecule has 1 aromatic carbocycles. The van der Waals surface area contributed by atoms with Gasteiger partial charge in [-0.1, -0.05) is 23.6 Å². The summed E-state index contributed by atoms with van der Waals surface area (Å²) in [6, 6.07) is 3.52. The molecule has 0 fully saturated rings. The third-order valence-corrected chi connectivity index (χ3v) is 6.00. The molecular weight excluding hydrogens is 519 g/mol. The fraction of sp³-hybridized carbons (Fsp3) is 0.261. The number of rotatable bonds is 7. The lowest BCUT2D eigenvalue weighted by molar-refractivity contribution is -0.138. The monoisotopic (exact) mass is 537 g/mol. The lowest BCUT2D eigenvalue weighted by Crippen LogP contribution is -2.24. The highest BCUT2D eigenvalue weighted by Gasteiger charge is 2.32. The Morgan fingerprint density at radius 1 is 1.19 bits per heavy atom. The van der Waals surface area contributed by atoms with Gasteiger partial charge < -0.3 is 15.7 Å². The number of hydrogen-bond acceptors (Lipinski definition) is 7. The van der Waals surface area contributed by atoms with Gasteiger partial charge in [-0.25, -0.2) is 15.0 Å². The maximum atomic E-state index is 13.1. The minimum atomic E-state index is -4.54. The van der Waals surface area contributed by atoms with E-state index in [2.05, 4.69) is 37.4 Å². The van der Waals surface area contributed by atoms with Gasteiger partial charge in [0.25, 0.3) is 11.8 Å². The molecule has 3 aromatic rings. The summed E-state index contributed by atoms with van der Waals surface area (Å²) in [6.45, 7) is 1.29. The highest BCUT2D eigenvalue weighted by molar-refractivity contribution is 7.13. The second-order valence-corrected chi connectivity index (χ2v) is 8.79. The van der Waals surface area contributed by atoms with Crippen LogP contribution in [0.3, 0.4) is 0 Å². The summed E-state index contributed by atoms with van der Waals surface area (Å²) in [4.78, 5) is 37.0. The quantitative estimate of drug-likeness (QED) is 0.307. The van der Waals surface area contributed by atoms with Crippen molar-refractivity contribution in [3.05, 3.63) is 68.1 Å². The first-order valence-electron chi connectivity index (χ1n) is 10.4. The third kappa shape index (κ3) is 7.00. The van der Waals surface area contributed by atoms with Crippen molar-refractivity contribution in [2.24, 2.45) is 0 Å². The van der Waals surface area contributed by atoms with Gasteiger partial charge in [0.2, 0.25) is 0 Å². The summed E-state index contributed by atoms with van der Waals surface area (Å²) in [5.74, 6) is 4.27. The molecule has 3 rings (SSSR count). The topological polar surface area (TPSA) is 117 Å². The molecule has 188 valence electrons. The van der Waals surface area contributed by atoms with E-state index in [4.69, 9.17) is 16.7 Å². The molecule has 13 heteroatoms. The van der Waals surface area contributed by atoms with Crippen molar-refractivity contribution in [1.82, 2.24) is 20.3 Å². The lowest BCUT2D eigenvalue weighted by Gasteiger charge is -2.12. The van der Waals surface area contributed by atoms with E-state index in [1.165, 1.54) is 25.3 Å². The number of anilines is 1. The number of nitrogens with zero attached hydrogens (tertiary/aromatic N) is 3. The molecule has 0 radical (unpaired) electrons. The summed E-state index contributed by atoms with van der Waals surface area (Å²) in [5, 5.41) is 14.2. The summed E-state index contributed by atoms with van der Waals surface area (Å²) in [6.07, 6.45) is -1.20. The highest BCUT2D eigenvalue weighted by atomic mass is 35.5. The van der Waals surface area contributed by atoms with Crippen LogP contribution in [0.2, 0.25) is 5.02 Å². The van der Waals surface area contributed by atoms with Crippen LogP contribution in [0, 0.1) is 18.8 Å². The van der Waals surface area contributed by atoms with Crippen LogP contribution in [0.15, 0.2) is 30.7 Å². The number of amides is 2. The zero-order chi connectivity index (χ0) is 26.3. The Morgan fingerprint density at radius 3 is 2.69 bits per heavy atom. The molecule has 0 saturated carbocycles. The van der Waals surface area contributed by atoms with E-state index < -0.39 is 23.6 Å². The predicted octanol–water partition coefficient (Wildman–Crippen LogP) is 4.22. The molecule has 2 amide bonds. The lowest BCUT2D eigenvalue weighted by atomic mass is 10.1. The molecule has 0 aliphatic rings. The van der Waals surface area contributed by atoms with Crippen LogP contribution < -0.4 is 10.6 Å². The Labute approximate surface area is 213 Å². The van der Waals surface area contributed by atoms with Crippen LogP contribution >= 0.6 is 22.9 Å². The van der Waals surface area contributed by atoms with Crippen molar-refractivity contribution < 1.29 is 27.9 Å². The number of hydrogen-bond donors (Lipinski definition) is 3. The normalized spacial score (nSPS) is 10.9. The van der Waals surface area contributed by atoms with E-state index in [1.807, 2.05) is 0 Å². The summed E-state index contributed by atoms with van der Waals surface area (Å²) >= 11 is 7.16. The number of carbonyl (C=O) groups is 2. The third-order valence-electron chi connectivity index (χ3n) is 4.65.